The molecule has 0 aromatic carbocycles. The molecule has 0 saturated heterocycles. The van der Waals surface area contributed by atoms with Gasteiger partial charge in [0.25, 0.3) is 0 Å². The standard InChI is InChI=1S/C10H14N2O4S/c11-10(15)16-9(14)7(4-13)8-6(5-17)2-1-3-12-8/h1-3,7,9,13-14,17H,4-5H2,(H2,11,15)/t7-,9+/m1/s1. The highest BCUT2D eigenvalue weighted by Crippen LogP contribution is 2.22. The van der Waals surface area contributed by atoms with Crippen molar-refractivity contribution in [2.24, 2.45) is 5.73 Å². The van der Waals surface area contributed by atoms with Gasteiger partial charge in [-0.1, -0.05) is 6.07 Å². The van der Waals surface area contributed by atoms with E-state index in [0.29, 0.717) is 11.4 Å². The molecule has 94 valence electrons. The Bertz CT molecular complexity index is 388. The van der Waals surface area contributed by atoms with Gasteiger partial charge in [-0.05, 0) is 11.6 Å². The minimum Gasteiger partial charge on any atom is -0.419 e. The van der Waals surface area contributed by atoms with Crippen LogP contribution in [0.15, 0.2) is 18.3 Å². The molecule has 4 N–H and O–H groups in total. The molecule has 1 amide bonds. The lowest BCUT2D eigenvalue weighted by molar-refractivity contribution is -0.0769. The van der Waals surface area contributed by atoms with Gasteiger partial charge in [-0.2, -0.15) is 12.6 Å². The second-order valence-electron chi connectivity index (χ2n) is 3.32. The fraction of sp³-hybridized carbons (Fsp3) is 0.400. The molecule has 6 nitrogen and oxygen atoms in total. The molecule has 0 aliphatic rings. The maximum Gasteiger partial charge on any atom is 0.406 e. The molecule has 0 fully saturated rings. The molecule has 1 aromatic rings. The second kappa shape index (κ2) is 6.43. The summed E-state index contributed by atoms with van der Waals surface area (Å²) in [5.41, 5.74) is 5.96. The molecule has 2 atom stereocenters. The number of amides is 1. The van der Waals surface area contributed by atoms with Crippen LogP contribution in [-0.2, 0) is 10.5 Å². The Labute approximate surface area is 104 Å². The van der Waals surface area contributed by atoms with Crippen molar-refractivity contribution in [2.75, 3.05) is 6.61 Å². The number of nitrogens with two attached hydrogens (primary N) is 1. The largest absolute Gasteiger partial charge is 0.419 e. The Morgan fingerprint density at radius 1 is 1.65 bits per heavy atom. The molecule has 1 rings (SSSR count). The number of ether oxygens (including phenoxy) is 1. The van der Waals surface area contributed by atoms with Crippen molar-refractivity contribution >= 4 is 18.7 Å². The van der Waals surface area contributed by atoms with Crippen LogP contribution in [0.4, 0.5) is 4.79 Å². The van der Waals surface area contributed by atoms with E-state index in [0.717, 1.165) is 5.56 Å². The number of hydrogen-bond acceptors (Lipinski definition) is 6. The first-order chi connectivity index (χ1) is 8.10. The molecular formula is C10H14N2O4S. The number of nitrogens with zero attached hydrogens (tertiary/aromatic N) is 1. The van der Waals surface area contributed by atoms with E-state index in [-0.39, 0.29) is 0 Å². The summed E-state index contributed by atoms with van der Waals surface area (Å²) in [7, 11) is 0. The lowest BCUT2D eigenvalue weighted by Crippen LogP contribution is -2.31. The monoisotopic (exact) mass is 258 g/mol. The number of primary amides is 1. The fourth-order valence-electron chi connectivity index (χ4n) is 1.43. The zero-order valence-electron chi connectivity index (χ0n) is 8.98. The van der Waals surface area contributed by atoms with Crippen LogP contribution in [0, 0.1) is 0 Å². The van der Waals surface area contributed by atoms with Crippen LogP contribution in [0.5, 0.6) is 0 Å². The van der Waals surface area contributed by atoms with Crippen LogP contribution in [0.3, 0.4) is 0 Å². The first-order valence-electron chi connectivity index (χ1n) is 4.89. The highest BCUT2D eigenvalue weighted by atomic mass is 32.1. The van der Waals surface area contributed by atoms with E-state index in [1.165, 1.54) is 6.20 Å². The third-order valence-corrected chi connectivity index (χ3v) is 2.57. The predicted octanol–water partition coefficient (Wildman–Crippen LogP) is 0.001000. The van der Waals surface area contributed by atoms with Gasteiger partial charge in [0.15, 0.2) is 0 Å². The van der Waals surface area contributed by atoms with Crippen molar-refractivity contribution in [2.45, 2.75) is 18.0 Å². The van der Waals surface area contributed by atoms with Crippen molar-refractivity contribution in [1.29, 1.82) is 0 Å². The number of pyridine rings is 1. The topological polar surface area (TPSA) is 106 Å². The van der Waals surface area contributed by atoms with Crippen molar-refractivity contribution in [3.8, 4) is 0 Å². The van der Waals surface area contributed by atoms with Crippen molar-refractivity contribution in [3.63, 3.8) is 0 Å². The summed E-state index contributed by atoms with van der Waals surface area (Å²) in [5.74, 6) is -0.450. The Morgan fingerprint density at radius 2 is 2.35 bits per heavy atom. The summed E-state index contributed by atoms with van der Waals surface area (Å²) in [6.45, 7) is -0.424. The van der Waals surface area contributed by atoms with E-state index in [1.54, 1.807) is 12.1 Å². The van der Waals surface area contributed by atoms with Gasteiger partial charge in [-0.25, -0.2) is 4.79 Å². The van der Waals surface area contributed by atoms with Crippen LogP contribution < -0.4 is 5.73 Å². The van der Waals surface area contributed by atoms with E-state index in [4.69, 9.17) is 5.73 Å². The van der Waals surface area contributed by atoms with Gasteiger partial charge in [0.1, 0.15) is 0 Å². The minimum absolute atomic E-state index is 0.392. The first kappa shape index (κ1) is 13.8. The molecule has 0 aliphatic carbocycles. The van der Waals surface area contributed by atoms with E-state index < -0.39 is 24.9 Å². The number of carbonyl (C=O) groups excluding carboxylic acids is 1. The molecule has 1 heterocycles. The van der Waals surface area contributed by atoms with E-state index in [2.05, 4.69) is 22.3 Å². The summed E-state index contributed by atoms with van der Waals surface area (Å²) in [4.78, 5) is 14.6. The highest BCUT2D eigenvalue weighted by Gasteiger charge is 2.26. The van der Waals surface area contributed by atoms with Gasteiger partial charge in [0.05, 0.1) is 18.2 Å². The smallest absolute Gasteiger partial charge is 0.406 e. The van der Waals surface area contributed by atoms with Gasteiger partial charge >= 0.3 is 6.09 Å². The van der Waals surface area contributed by atoms with Gasteiger partial charge in [-0.15, -0.1) is 0 Å². The quantitative estimate of drug-likeness (QED) is 0.439. The molecule has 0 bridgehead atoms. The SMILES string of the molecule is NC(=O)O[C@H](O)[C@H](CO)c1ncccc1CS. The highest BCUT2D eigenvalue weighted by molar-refractivity contribution is 7.79. The number of rotatable bonds is 5. The fourth-order valence-corrected chi connectivity index (χ4v) is 1.70. The Kier molecular flexibility index (Phi) is 5.20. The Hall–Kier alpha value is -1.31. The van der Waals surface area contributed by atoms with Crippen LogP contribution in [0.25, 0.3) is 0 Å². The molecule has 0 aliphatic heterocycles. The molecule has 0 unspecified atom stereocenters. The lowest BCUT2D eigenvalue weighted by atomic mass is 10.0. The van der Waals surface area contributed by atoms with Gasteiger partial charge in [0, 0.05) is 11.9 Å². The predicted molar refractivity (Wildman–Crippen MR) is 63.4 cm³/mol. The van der Waals surface area contributed by atoms with Crippen LogP contribution in [0.1, 0.15) is 17.2 Å². The molecule has 0 spiro atoms. The summed E-state index contributed by atoms with van der Waals surface area (Å²) in [6, 6.07) is 3.47. The van der Waals surface area contributed by atoms with Gasteiger partial charge < -0.3 is 20.7 Å². The maximum atomic E-state index is 10.5. The third kappa shape index (κ3) is 3.58. The summed E-state index contributed by atoms with van der Waals surface area (Å²) in [5, 5.41) is 18.8. The Morgan fingerprint density at radius 3 is 2.88 bits per heavy atom. The number of aliphatic hydroxyl groups is 2. The molecule has 7 heteroatoms. The number of carbonyl (C=O) groups is 1. The molecule has 17 heavy (non-hydrogen) atoms. The summed E-state index contributed by atoms with van der Waals surface area (Å²) in [6.07, 6.45) is -1.13. The summed E-state index contributed by atoms with van der Waals surface area (Å²) < 4.78 is 4.43. The van der Waals surface area contributed by atoms with Gasteiger partial charge in [-0.3, -0.25) is 4.98 Å². The van der Waals surface area contributed by atoms with Crippen molar-refractivity contribution < 1.29 is 19.7 Å². The number of aliphatic hydroxyl groups excluding tert-OH is 2. The molecule has 0 saturated carbocycles. The van der Waals surface area contributed by atoms with E-state index >= 15 is 0 Å². The third-order valence-electron chi connectivity index (χ3n) is 2.23. The first-order valence-corrected chi connectivity index (χ1v) is 5.53. The average Bonchev–Trinajstić information content (AvgIpc) is 2.29. The van der Waals surface area contributed by atoms with Crippen LogP contribution in [-0.4, -0.2) is 34.2 Å². The van der Waals surface area contributed by atoms with Crippen LogP contribution >= 0.6 is 12.6 Å². The van der Waals surface area contributed by atoms with E-state index in [1.807, 2.05) is 0 Å². The van der Waals surface area contributed by atoms with Crippen molar-refractivity contribution in [3.05, 3.63) is 29.6 Å². The summed E-state index contributed by atoms with van der Waals surface area (Å²) >= 11 is 4.12. The van der Waals surface area contributed by atoms with E-state index in [9.17, 15) is 15.0 Å². The van der Waals surface area contributed by atoms with Crippen molar-refractivity contribution in [1.82, 2.24) is 4.98 Å². The second-order valence-corrected chi connectivity index (χ2v) is 3.64. The molecular weight excluding hydrogens is 244 g/mol. The Balaban J connectivity index is 2.96. The normalized spacial score (nSPS) is 14.1. The number of aromatic nitrogens is 1. The van der Waals surface area contributed by atoms with Crippen LogP contribution in [0.2, 0.25) is 0 Å². The minimum atomic E-state index is -1.54. The lowest BCUT2D eigenvalue weighted by Gasteiger charge is -2.21. The molecule has 1 aromatic heterocycles. The zero-order valence-corrected chi connectivity index (χ0v) is 9.88. The van der Waals surface area contributed by atoms with Gasteiger partial charge in [0.2, 0.25) is 6.29 Å². The zero-order chi connectivity index (χ0) is 12.8. The maximum absolute atomic E-state index is 10.5. The number of thiol groups is 1. The average molecular weight is 258 g/mol. The molecule has 0 radical (unpaired) electrons. The number of hydrogen-bond donors (Lipinski definition) is 4.